The van der Waals surface area contributed by atoms with Crippen LogP contribution in [0.4, 0.5) is 4.39 Å². The van der Waals surface area contributed by atoms with Crippen molar-refractivity contribution in [1.29, 1.82) is 0 Å². The van der Waals surface area contributed by atoms with Crippen LogP contribution in [0, 0.1) is 5.82 Å². The molecule has 2 rings (SSSR count). The van der Waals surface area contributed by atoms with Crippen molar-refractivity contribution in [3.8, 4) is 0 Å². The summed E-state index contributed by atoms with van der Waals surface area (Å²) in [6.45, 7) is 3.95. The van der Waals surface area contributed by atoms with Gasteiger partial charge < -0.3 is 10.4 Å². The molecule has 1 aromatic heterocycles. The zero-order valence-electron chi connectivity index (χ0n) is 10.9. The fourth-order valence-corrected chi connectivity index (χ4v) is 1.83. The molecule has 19 heavy (non-hydrogen) atoms. The first-order chi connectivity index (χ1) is 9.19. The molecule has 0 radical (unpaired) electrons. The van der Waals surface area contributed by atoms with Gasteiger partial charge in [-0.05, 0) is 24.6 Å². The monoisotopic (exact) mass is 263 g/mol. The largest absolute Gasteiger partial charge is 0.387 e. The molecule has 1 unspecified atom stereocenters. The molecular formula is C14H18FN3O. The molecule has 0 fully saturated rings. The topological polar surface area (TPSA) is 50.1 Å². The van der Waals surface area contributed by atoms with Crippen molar-refractivity contribution in [3.63, 3.8) is 0 Å². The number of aliphatic hydroxyl groups excluding tert-OH is 1. The molecule has 5 heteroatoms. The Morgan fingerprint density at radius 2 is 2.11 bits per heavy atom. The molecule has 0 spiro atoms. The summed E-state index contributed by atoms with van der Waals surface area (Å²) >= 11 is 0. The summed E-state index contributed by atoms with van der Waals surface area (Å²) in [4.78, 5) is 0. The first-order valence-electron chi connectivity index (χ1n) is 6.34. The third kappa shape index (κ3) is 3.87. The predicted octanol–water partition coefficient (Wildman–Crippen LogP) is 1.87. The lowest BCUT2D eigenvalue weighted by Gasteiger charge is -2.11. The smallest absolute Gasteiger partial charge is 0.123 e. The van der Waals surface area contributed by atoms with E-state index >= 15 is 0 Å². The van der Waals surface area contributed by atoms with Gasteiger partial charge in [0, 0.05) is 31.4 Å². The third-order valence-corrected chi connectivity index (χ3v) is 2.93. The Labute approximate surface area is 111 Å². The quantitative estimate of drug-likeness (QED) is 0.836. The minimum absolute atomic E-state index is 0.295. The van der Waals surface area contributed by atoms with Gasteiger partial charge in [0.1, 0.15) is 5.82 Å². The molecule has 1 aromatic carbocycles. The molecule has 0 saturated heterocycles. The van der Waals surface area contributed by atoms with E-state index in [9.17, 15) is 9.50 Å². The molecule has 1 heterocycles. The van der Waals surface area contributed by atoms with Crippen molar-refractivity contribution in [2.75, 3.05) is 6.54 Å². The molecule has 0 saturated carbocycles. The molecular weight excluding hydrogens is 245 g/mol. The summed E-state index contributed by atoms with van der Waals surface area (Å²) in [6.07, 6.45) is 3.14. The van der Waals surface area contributed by atoms with E-state index in [0.29, 0.717) is 18.7 Å². The number of nitrogens with one attached hydrogen (secondary N) is 1. The van der Waals surface area contributed by atoms with E-state index in [1.54, 1.807) is 18.3 Å². The fraction of sp³-hybridized carbons (Fsp3) is 0.357. The standard InChI is InChI=1S/C14H18FN3O/c1-2-18-10-11(8-17-18)7-16-9-14(19)12-3-5-13(15)6-4-12/h3-6,8,10,14,16,19H,2,7,9H2,1H3. The number of aliphatic hydroxyl groups is 1. The van der Waals surface area contributed by atoms with Crippen LogP contribution in [0.1, 0.15) is 24.2 Å². The van der Waals surface area contributed by atoms with Crippen molar-refractivity contribution >= 4 is 0 Å². The minimum atomic E-state index is -0.637. The lowest BCUT2D eigenvalue weighted by molar-refractivity contribution is 0.174. The van der Waals surface area contributed by atoms with Crippen LogP contribution in [0.2, 0.25) is 0 Å². The number of hydrogen-bond acceptors (Lipinski definition) is 3. The maximum Gasteiger partial charge on any atom is 0.123 e. The second kappa shape index (κ2) is 6.45. The molecule has 4 nitrogen and oxygen atoms in total. The molecule has 0 bridgehead atoms. The normalized spacial score (nSPS) is 12.6. The number of hydrogen-bond donors (Lipinski definition) is 2. The molecule has 2 N–H and O–H groups in total. The van der Waals surface area contributed by atoms with E-state index in [-0.39, 0.29) is 5.82 Å². The van der Waals surface area contributed by atoms with Gasteiger partial charge in [0.25, 0.3) is 0 Å². The first-order valence-corrected chi connectivity index (χ1v) is 6.34. The van der Waals surface area contributed by atoms with Crippen molar-refractivity contribution < 1.29 is 9.50 Å². The van der Waals surface area contributed by atoms with Gasteiger partial charge in [-0.15, -0.1) is 0 Å². The van der Waals surface area contributed by atoms with Gasteiger partial charge in [-0.2, -0.15) is 5.10 Å². The van der Waals surface area contributed by atoms with Crippen LogP contribution in [0.25, 0.3) is 0 Å². The Morgan fingerprint density at radius 1 is 1.37 bits per heavy atom. The highest BCUT2D eigenvalue weighted by Gasteiger charge is 2.07. The zero-order chi connectivity index (χ0) is 13.7. The molecule has 2 aromatic rings. The SMILES string of the molecule is CCn1cc(CNCC(O)c2ccc(F)cc2)cn1. The number of rotatable bonds is 6. The highest BCUT2D eigenvalue weighted by molar-refractivity contribution is 5.18. The Balaban J connectivity index is 1.80. The lowest BCUT2D eigenvalue weighted by atomic mass is 10.1. The molecule has 1 atom stereocenters. The molecule has 0 aliphatic rings. The number of aromatic nitrogens is 2. The summed E-state index contributed by atoms with van der Waals surface area (Å²) in [5.41, 5.74) is 1.78. The van der Waals surface area contributed by atoms with Gasteiger partial charge >= 0.3 is 0 Å². The Bertz CT molecular complexity index is 510. The van der Waals surface area contributed by atoms with Gasteiger partial charge in [-0.3, -0.25) is 4.68 Å². The summed E-state index contributed by atoms with van der Waals surface area (Å²) in [6, 6.07) is 5.89. The third-order valence-electron chi connectivity index (χ3n) is 2.93. The van der Waals surface area contributed by atoms with Gasteiger partial charge in [-0.1, -0.05) is 12.1 Å². The lowest BCUT2D eigenvalue weighted by Crippen LogP contribution is -2.20. The number of aryl methyl sites for hydroxylation is 1. The van der Waals surface area contributed by atoms with Gasteiger partial charge in [-0.25, -0.2) is 4.39 Å². The predicted molar refractivity (Wildman–Crippen MR) is 71.0 cm³/mol. The van der Waals surface area contributed by atoms with Gasteiger partial charge in [0.2, 0.25) is 0 Å². The zero-order valence-corrected chi connectivity index (χ0v) is 10.9. The molecule has 0 aliphatic heterocycles. The van der Waals surface area contributed by atoms with Gasteiger partial charge in [0.15, 0.2) is 0 Å². The van der Waals surface area contributed by atoms with Gasteiger partial charge in [0.05, 0.1) is 12.3 Å². The summed E-state index contributed by atoms with van der Waals surface area (Å²) < 4.78 is 14.6. The summed E-state index contributed by atoms with van der Waals surface area (Å²) in [5, 5.41) is 17.3. The Hall–Kier alpha value is -1.72. The van der Waals surface area contributed by atoms with Crippen LogP contribution in [0.15, 0.2) is 36.7 Å². The van der Waals surface area contributed by atoms with E-state index in [0.717, 1.165) is 12.1 Å². The van der Waals surface area contributed by atoms with Crippen molar-refractivity contribution in [2.24, 2.45) is 0 Å². The van der Waals surface area contributed by atoms with Crippen LogP contribution in [-0.4, -0.2) is 21.4 Å². The molecule has 0 amide bonds. The van der Waals surface area contributed by atoms with E-state index < -0.39 is 6.10 Å². The Kier molecular flexibility index (Phi) is 4.65. The highest BCUT2D eigenvalue weighted by Crippen LogP contribution is 2.12. The Morgan fingerprint density at radius 3 is 2.74 bits per heavy atom. The van der Waals surface area contributed by atoms with E-state index in [4.69, 9.17) is 0 Å². The van der Waals surface area contributed by atoms with Crippen LogP contribution in [0.3, 0.4) is 0 Å². The molecule has 0 aliphatic carbocycles. The second-order valence-corrected chi connectivity index (χ2v) is 4.40. The number of benzene rings is 1. The van der Waals surface area contributed by atoms with Crippen LogP contribution < -0.4 is 5.32 Å². The average molecular weight is 263 g/mol. The van der Waals surface area contributed by atoms with E-state index in [2.05, 4.69) is 10.4 Å². The maximum absolute atomic E-state index is 12.8. The first kappa shape index (κ1) is 13.7. The second-order valence-electron chi connectivity index (χ2n) is 4.40. The minimum Gasteiger partial charge on any atom is -0.387 e. The summed E-state index contributed by atoms with van der Waals surface area (Å²) in [5.74, 6) is -0.295. The van der Waals surface area contributed by atoms with Crippen LogP contribution >= 0.6 is 0 Å². The highest BCUT2D eigenvalue weighted by atomic mass is 19.1. The maximum atomic E-state index is 12.8. The summed E-state index contributed by atoms with van der Waals surface area (Å²) in [7, 11) is 0. The molecule has 102 valence electrons. The fourth-order valence-electron chi connectivity index (χ4n) is 1.83. The average Bonchev–Trinajstić information content (AvgIpc) is 2.87. The van der Waals surface area contributed by atoms with E-state index in [1.165, 1.54) is 12.1 Å². The van der Waals surface area contributed by atoms with Crippen molar-refractivity contribution in [2.45, 2.75) is 26.1 Å². The number of nitrogens with zero attached hydrogens (tertiary/aromatic N) is 2. The van der Waals surface area contributed by atoms with Crippen LogP contribution in [-0.2, 0) is 13.1 Å². The van der Waals surface area contributed by atoms with Crippen molar-refractivity contribution in [3.05, 3.63) is 53.6 Å². The van der Waals surface area contributed by atoms with Crippen molar-refractivity contribution in [1.82, 2.24) is 15.1 Å². The number of halogens is 1. The van der Waals surface area contributed by atoms with E-state index in [1.807, 2.05) is 17.8 Å². The van der Waals surface area contributed by atoms with Crippen LogP contribution in [0.5, 0.6) is 0 Å².